The Labute approximate surface area is 153 Å². The first-order chi connectivity index (χ1) is 12.5. The van der Waals surface area contributed by atoms with Crippen molar-refractivity contribution in [1.29, 1.82) is 0 Å². The van der Waals surface area contributed by atoms with E-state index in [2.05, 4.69) is 11.5 Å². The van der Waals surface area contributed by atoms with Crippen molar-refractivity contribution in [3.63, 3.8) is 0 Å². The average molecular weight is 358 g/mol. The van der Waals surface area contributed by atoms with Gasteiger partial charge in [0.1, 0.15) is 0 Å². The first kappa shape index (κ1) is 19.7. The third-order valence-corrected chi connectivity index (χ3v) is 4.47. The zero-order valence-electron chi connectivity index (χ0n) is 15.7. The Kier molecular flexibility index (Phi) is 6.95. The summed E-state index contributed by atoms with van der Waals surface area (Å²) in [4.78, 5) is 22.7. The summed E-state index contributed by atoms with van der Waals surface area (Å²) in [6, 6.07) is 8.26. The number of nitrogens with zero attached hydrogens (tertiary/aromatic N) is 2. The highest BCUT2D eigenvalue weighted by Crippen LogP contribution is 2.28. The van der Waals surface area contributed by atoms with Crippen molar-refractivity contribution in [2.75, 3.05) is 6.61 Å². The van der Waals surface area contributed by atoms with Crippen LogP contribution in [0.5, 0.6) is 0 Å². The number of carbonyl (C=O) groups excluding carboxylic acids is 1. The van der Waals surface area contributed by atoms with E-state index < -0.39 is 4.92 Å². The molecule has 1 heterocycles. The van der Waals surface area contributed by atoms with E-state index in [0.29, 0.717) is 12.2 Å². The molecule has 0 aliphatic rings. The second-order valence-corrected chi connectivity index (χ2v) is 6.27. The van der Waals surface area contributed by atoms with Gasteiger partial charge in [-0.05, 0) is 44.0 Å². The van der Waals surface area contributed by atoms with Crippen LogP contribution in [0.4, 0.5) is 5.69 Å². The Balaban J connectivity index is 2.39. The molecule has 0 bridgehead atoms. The molecule has 0 saturated heterocycles. The van der Waals surface area contributed by atoms with Crippen LogP contribution in [-0.4, -0.2) is 22.1 Å². The Morgan fingerprint density at radius 3 is 2.42 bits per heavy atom. The van der Waals surface area contributed by atoms with Crippen LogP contribution in [0.15, 0.2) is 30.3 Å². The molecule has 0 N–H and O–H groups in total. The van der Waals surface area contributed by atoms with E-state index in [-0.39, 0.29) is 11.7 Å². The molecular weight excluding hydrogens is 332 g/mol. The molecule has 2 rings (SSSR count). The smallest absolute Gasteiger partial charge is 0.339 e. The van der Waals surface area contributed by atoms with Crippen molar-refractivity contribution in [1.82, 2.24) is 4.57 Å². The van der Waals surface area contributed by atoms with Gasteiger partial charge in [-0.1, -0.05) is 26.2 Å². The Morgan fingerprint density at radius 2 is 1.85 bits per heavy atom. The third-order valence-electron chi connectivity index (χ3n) is 4.47. The third kappa shape index (κ3) is 4.50. The minimum absolute atomic E-state index is 0.0529. The Hall–Kier alpha value is -2.63. The van der Waals surface area contributed by atoms with Gasteiger partial charge >= 0.3 is 5.97 Å². The van der Waals surface area contributed by atoms with Gasteiger partial charge in [-0.25, -0.2) is 4.79 Å². The largest absolute Gasteiger partial charge is 0.462 e. The van der Waals surface area contributed by atoms with Gasteiger partial charge < -0.3 is 9.30 Å². The molecule has 6 nitrogen and oxygen atoms in total. The second kappa shape index (κ2) is 9.17. The highest BCUT2D eigenvalue weighted by Gasteiger charge is 2.19. The van der Waals surface area contributed by atoms with Crippen molar-refractivity contribution in [3.8, 4) is 11.3 Å². The second-order valence-electron chi connectivity index (χ2n) is 6.27. The van der Waals surface area contributed by atoms with E-state index in [4.69, 9.17) is 4.74 Å². The van der Waals surface area contributed by atoms with Gasteiger partial charge in [0.15, 0.2) is 0 Å². The minimum Gasteiger partial charge on any atom is -0.462 e. The van der Waals surface area contributed by atoms with Crippen LogP contribution in [0.2, 0.25) is 0 Å². The quantitative estimate of drug-likeness (QED) is 0.269. The van der Waals surface area contributed by atoms with Crippen molar-refractivity contribution < 1.29 is 14.5 Å². The number of nitro benzene ring substituents is 1. The van der Waals surface area contributed by atoms with Crippen LogP contribution in [0.3, 0.4) is 0 Å². The van der Waals surface area contributed by atoms with E-state index in [1.165, 1.54) is 18.6 Å². The van der Waals surface area contributed by atoms with Crippen LogP contribution < -0.4 is 0 Å². The van der Waals surface area contributed by atoms with Crippen molar-refractivity contribution in [2.45, 2.75) is 53.0 Å². The van der Waals surface area contributed by atoms with Gasteiger partial charge in [-0.15, -0.1) is 0 Å². The summed E-state index contributed by atoms with van der Waals surface area (Å²) in [6.45, 7) is 7.00. The summed E-state index contributed by atoms with van der Waals surface area (Å²) < 4.78 is 7.28. The van der Waals surface area contributed by atoms with Gasteiger partial charge in [0.05, 0.1) is 17.1 Å². The van der Waals surface area contributed by atoms with Gasteiger partial charge in [0.2, 0.25) is 0 Å². The van der Waals surface area contributed by atoms with E-state index in [9.17, 15) is 14.9 Å². The fraction of sp³-hybridized carbons (Fsp3) is 0.450. The predicted octanol–water partition coefficient (Wildman–Crippen LogP) is 5.13. The standard InChI is InChI=1S/C20H26N2O4/c1-4-6-7-8-13-21-15(3)18(20(23)26-5-2)14-19(21)16-9-11-17(12-10-16)22(24)25/h9-12,14H,4-8,13H2,1-3H3. The van der Waals surface area contributed by atoms with Gasteiger partial charge in [-0.2, -0.15) is 0 Å². The summed E-state index contributed by atoms with van der Waals surface area (Å²) in [5, 5.41) is 10.9. The normalized spacial score (nSPS) is 10.7. The van der Waals surface area contributed by atoms with Gasteiger partial charge in [0.25, 0.3) is 5.69 Å². The molecule has 0 radical (unpaired) electrons. The lowest BCUT2D eigenvalue weighted by atomic mass is 10.1. The van der Waals surface area contributed by atoms with Gasteiger partial charge in [0, 0.05) is 30.1 Å². The van der Waals surface area contributed by atoms with Gasteiger partial charge in [-0.3, -0.25) is 10.1 Å². The molecule has 0 unspecified atom stereocenters. The molecule has 0 atom stereocenters. The number of hydrogen-bond donors (Lipinski definition) is 0. The predicted molar refractivity (Wildman–Crippen MR) is 101 cm³/mol. The first-order valence-corrected chi connectivity index (χ1v) is 9.11. The summed E-state index contributed by atoms with van der Waals surface area (Å²) in [7, 11) is 0. The fourth-order valence-corrected chi connectivity index (χ4v) is 3.04. The molecule has 1 aromatic heterocycles. The number of unbranched alkanes of at least 4 members (excludes halogenated alkanes) is 3. The number of hydrogen-bond acceptors (Lipinski definition) is 4. The number of aromatic nitrogens is 1. The summed E-state index contributed by atoms with van der Waals surface area (Å²) in [5.74, 6) is -0.333. The SMILES string of the molecule is CCCCCCn1c(-c2ccc([N+](=O)[O-])cc2)cc(C(=O)OCC)c1C. The summed E-state index contributed by atoms with van der Waals surface area (Å²) in [5.41, 5.74) is 3.21. The average Bonchev–Trinajstić information content (AvgIpc) is 2.96. The number of nitro groups is 1. The molecule has 26 heavy (non-hydrogen) atoms. The summed E-state index contributed by atoms with van der Waals surface area (Å²) in [6.07, 6.45) is 4.49. The van der Waals surface area contributed by atoms with Crippen molar-refractivity contribution in [2.24, 2.45) is 0 Å². The monoisotopic (exact) mass is 358 g/mol. The lowest BCUT2D eigenvalue weighted by molar-refractivity contribution is -0.384. The molecule has 0 amide bonds. The molecular formula is C20H26N2O4. The first-order valence-electron chi connectivity index (χ1n) is 9.11. The lowest BCUT2D eigenvalue weighted by Gasteiger charge is -2.12. The molecule has 2 aromatic rings. The number of ether oxygens (including phenoxy) is 1. The topological polar surface area (TPSA) is 74.4 Å². The maximum absolute atomic E-state index is 12.3. The van der Waals surface area contributed by atoms with Crippen molar-refractivity contribution in [3.05, 3.63) is 51.7 Å². The fourth-order valence-electron chi connectivity index (χ4n) is 3.04. The number of benzene rings is 1. The lowest BCUT2D eigenvalue weighted by Crippen LogP contribution is -2.08. The van der Waals surface area contributed by atoms with E-state index in [0.717, 1.165) is 42.8 Å². The van der Waals surface area contributed by atoms with Crippen LogP contribution in [0, 0.1) is 17.0 Å². The zero-order valence-corrected chi connectivity index (χ0v) is 15.7. The molecule has 140 valence electrons. The van der Waals surface area contributed by atoms with Crippen LogP contribution >= 0.6 is 0 Å². The van der Waals surface area contributed by atoms with Crippen molar-refractivity contribution >= 4 is 11.7 Å². The molecule has 0 fully saturated rings. The van der Waals surface area contributed by atoms with E-state index in [1.54, 1.807) is 19.1 Å². The Bertz CT molecular complexity index is 763. The molecule has 0 aliphatic heterocycles. The number of esters is 1. The summed E-state index contributed by atoms with van der Waals surface area (Å²) >= 11 is 0. The highest BCUT2D eigenvalue weighted by molar-refractivity contribution is 5.92. The van der Waals surface area contributed by atoms with E-state index >= 15 is 0 Å². The molecule has 6 heteroatoms. The molecule has 0 spiro atoms. The highest BCUT2D eigenvalue weighted by atomic mass is 16.6. The number of non-ortho nitro benzene ring substituents is 1. The van der Waals surface area contributed by atoms with E-state index in [1.807, 2.05) is 13.0 Å². The van der Waals surface area contributed by atoms with Crippen LogP contribution in [0.25, 0.3) is 11.3 Å². The molecule has 0 saturated carbocycles. The molecule has 1 aromatic carbocycles. The zero-order chi connectivity index (χ0) is 19.1. The number of carbonyl (C=O) groups is 1. The van der Waals surface area contributed by atoms with Crippen LogP contribution in [-0.2, 0) is 11.3 Å². The maximum atomic E-state index is 12.3. The number of rotatable bonds is 9. The van der Waals surface area contributed by atoms with Crippen LogP contribution in [0.1, 0.15) is 55.6 Å². The Morgan fingerprint density at radius 1 is 1.15 bits per heavy atom. The maximum Gasteiger partial charge on any atom is 0.339 e. The minimum atomic E-state index is -0.414. The molecule has 0 aliphatic carbocycles.